The number of nitrogens with zero attached hydrogens (tertiary/aromatic N) is 4. The molecule has 5 heteroatoms. The minimum absolute atomic E-state index is 0.378. The quantitative estimate of drug-likeness (QED) is 0.820. The molecule has 0 aliphatic heterocycles. The summed E-state index contributed by atoms with van der Waals surface area (Å²) in [5.41, 5.74) is 0. The van der Waals surface area contributed by atoms with Crippen LogP contribution < -0.4 is 0 Å². The van der Waals surface area contributed by atoms with Crippen molar-refractivity contribution in [1.29, 1.82) is 0 Å². The summed E-state index contributed by atoms with van der Waals surface area (Å²) in [5, 5.41) is 0.921. The van der Waals surface area contributed by atoms with E-state index in [2.05, 4.69) is 35.1 Å². The fraction of sp³-hybridized carbons (Fsp3) is 0.545. The van der Waals surface area contributed by atoms with Gasteiger partial charge in [0.1, 0.15) is 11.6 Å². The number of aryl methyl sites for hydroxylation is 1. The van der Waals surface area contributed by atoms with Gasteiger partial charge in [0.15, 0.2) is 0 Å². The van der Waals surface area contributed by atoms with E-state index in [0.717, 1.165) is 29.6 Å². The van der Waals surface area contributed by atoms with Crippen LogP contribution in [0.2, 0.25) is 0 Å². The van der Waals surface area contributed by atoms with Crippen LogP contribution in [0.25, 0.3) is 5.13 Å². The lowest BCUT2D eigenvalue weighted by molar-refractivity contribution is 0.776. The van der Waals surface area contributed by atoms with E-state index in [1.807, 2.05) is 17.0 Å². The van der Waals surface area contributed by atoms with Crippen molar-refractivity contribution in [2.45, 2.75) is 39.5 Å². The lowest BCUT2D eigenvalue weighted by Crippen LogP contribution is -2.00. The van der Waals surface area contributed by atoms with Gasteiger partial charge in [0, 0.05) is 36.3 Å². The predicted molar refractivity (Wildman–Crippen MR) is 65.1 cm³/mol. The number of aromatic nitrogens is 4. The second-order valence-electron chi connectivity index (χ2n) is 4.05. The van der Waals surface area contributed by atoms with Crippen molar-refractivity contribution in [3.8, 4) is 5.13 Å². The predicted octanol–water partition coefficient (Wildman–Crippen LogP) is 2.80. The van der Waals surface area contributed by atoms with Crippen LogP contribution in [0.15, 0.2) is 12.4 Å². The molecule has 0 amide bonds. The summed E-state index contributed by atoms with van der Waals surface area (Å²) in [7, 11) is 0. The molecule has 16 heavy (non-hydrogen) atoms. The topological polar surface area (TPSA) is 43.6 Å². The molecule has 4 nitrogen and oxygen atoms in total. The molecular formula is C11H16N4S. The molecule has 0 bridgehead atoms. The summed E-state index contributed by atoms with van der Waals surface area (Å²) < 4.78 is 6.39. The minimum atomic E-state index is 0.378. The van der Waals surface area contributed by atoms with Crippen molar-refractivity contribution in [3.63, 3.8) is 0 Å². The van der Waals surface area contributed by atoms with Gasteiger partial charge in [-0.3, -0.25) is 4.57 Å². The molecular weight excluding hydrogens is 220 g/mol. The van der Waals surface area contributed by atoms with Gasteiger partial charge in [0.05, 0.1) is 0 Å². The van der Waals surface area contributed by atoms with Crippen LogP contribution in [-0.2, 0) is 6.42 Å². The molecule has 2 rings (SSSR count). The Bertz CT molecular complexity index is 458. The molecule has 0 N–H and O–H groups in total. The van der Waals surface area contributed by atoms with Gasteiger partial charge < -0.3 is 0 Å². The largest absolute Gasteiger partial charge is 0.278 e. The van der Waals surface area contributed by atoms with Crippen LogP contribution in [0, 0.1) is 0 Å². The molecule has 0 unspecified atom stereocenters. The van der Waals surface area contributed by atoms with Crippen molar-refractivity contribution >= 4 is 11.5 Å². The second-order valence-corrected chi connectivity index (χ2v) is 4.78. The Hall–Kier alpha value is -1.23. The molecule has 0 aliphatic rings. The molecule has 2 heterocycles. The first-order chi connectivity index (χ1) is 7.72. The highest BCUT2D eigenvalue weighted by molar-refractivity contribution is 7.08. The third kappa shape index (κ3) is 2.14. The zero-order chi connectivity index (χ0) is 11.5. The number of hydrogen-bond acceptors (Lipinski definition) is 4. The summed E-state index contributed by atoms with van der Waals surface area (Å²) in [6.07, 6.45) is 5.84. The normalized spacial score (nSPS) is 11.2. The maximum atomic E-state index is 4.53. The standard InChI is InChI=1S/C11H16N4S/c1-4-5-9-12-6-7-15(9)11-13-10(8(2)3)14-16-11/h6-8H,4-5H2,1-3H3. The molecule has 86 valence electrons. The summed E-state index contributed by atoms with van der Waals surface area (Å²) in [4.78, 5) is 8.86. The number of hydrogen-bond donors (Lipinski definition) is 0. The average Bonchev–Trinajstić information content (AvgIpc) is 2.84. The highest BCUT2D eigenvalue weighted by Gasteiger charge is 2.11. The van der Waals surface area contributed by atoms with Crippen molar-refractivity contribution < 1.29 is 0 Å². The first-order valence-electron chi connectivity index (χ1n) is 5.58. The summed E-state index contributed by atoms with van der Waals surface area (Å²) in [6, 6.07) is 0. The van der Waals surface area contributed by atoms with Gasteiger partial charge >= 0.3 is 0 Å². The fourth-order valence-corrected chi connectivity index (χ4v) is 2.29. The van der Waals surface area contributed by atoms with Gasteiger partial charge in [-0.15, -0.1) is 0 Å². The monoisotopic (exact) mass is 236 g/mol. The Morgan fingerprint density at radius 1 is 1.44 bits per heavy atom. The van der Waals surface area contributed by atoms with E-state index < -0.39 is 0 Å². The van der Waals surface area contributed by atoms with Gasteiger partial charge in [-0.2, -0.15) is 4.37 Å². The Morgan fingerprint density at radius 2 is 2.25 bits per heavy atom. The number of rotatable bonds is 4. The molecule has 2 aromatic heterocycles. The van der Waals surface area contributed by atoms with Crippen molar-refractivity contribution in [2.75, 3.05) is 0 Å². The highest BCUT2D eigenvalue weighted by Crippen LogP contribution is 2.18. The van der Waals surface area contributed by atoms with Crippen molar-refractivity contribution in [3.05, 3.63) is 24.0 Å². The Morgan fingerprint density at radius 3 is 2.88 bits per heavy atom. The van der Waals surface area contributed by atoms with Crippen LogP contribution >= 0.6 is 11.5 Å². The lowest BCUT2D eigenvalue weighted by atomic mass is 10.2. The first-order valence-corrected chi connectivity index (χ1v) is 6.36. The van der Waals surface area contributed by atoms with Gasteiger partial charge in [-0.1, -0.05) is 20.8 Å². The van der Waals surface area contributed by atoms with Crippen LogP contribution in [-0.4, -0.2) is 18.9 Å². The average molecular weight is 236 g/mol. The summed E-state index contributed by atoms with van der Waals surface area (Å²) in [5.74, 6) is 2.35. The third-order valence-electron chi connectivity index (χ3n) is 2.34. The van der Waals surface area contributed by atoms with E-state index in [-0.39, 0.29) is 0 Å². The van der Waals surface area contributed by atoms with Crippen molar-refractivity contribution in [2.24, 2.45) is 0 Å². The molecule has 0 spiro atoms. The molecule has 0 atom stereocenters. The minimum Gasteiger partial charge on any atom is -0.278 e. The van der Waals surface area contributed by atoms with Gasteiger partial charge in [0.25, 0.3) is 0 Å². The maximum Gasteiger partial charge on any atom is 0.214 e. The Labute approximate surface area is 99.5 Å². The molecule has 0 aliphatic carbocycles. The van der Waals surface area contributed by atoms with Crippen LogP contribution in [0.3, 0.4) is 0 Å². The lowest BCUT2D eigenvalue weighted by Gasteiger charge is -2.01. The summed E-state index contributed by atoms with van der Waals surface area (Å²) in [6.45, 7) is 6.36. The van der Waals surface area contributed by atoms with Crippen molar-refractivity contribution in [1.82, 2.24) is 18.9 Å². The van der Waals surface area contributed by atoms with E-state index in [4.69, 9.17) is 0 Å². The van der Waals surface area contributed by atoms with Crippen LogP contribution in [0.4, 0.5) is 0 Å². The van der Waals surface area contributed by atoms with Gasteiger partial charge in [-0.05, 0) is 6.42 Å². The third-order valence-corrected chi connectivity index (χ3v) is 3.07. The molecule has 0 aromatic carbocycles. The smallest absolute Gasteiger partial charge is 0.214 e. The van der Waals surface area contributed by atoms with E-state index >= 15 is 0 Å². The first kappa shape index (κ1) is 11.3. The van der Waals surface area contributed by atoms with E-state index in [0.29, 0.717) is 5.92 Å². The molecule has 2 aromatic rings. The fourth-order valence-electron chi connectivity index (χ4n) is 1.48. The van der Waals surface area contributed by atoms with E-state index in [1.54, 1.807) is 0 Å². The van der Waals surface area contributed by atoms with Crippen LogP contribution in [0.1, 0.15) is 44.8 Å². The maximum absolute atomic E-state index is 4.53. The zero-order valence-corrected chi connectivity index (χ0v) is 10.7. The number of imidazole rings is 1. The summed E-state index contributed by atoms with van der Waals surface area (Å²) >= 11 is 1.44. The van der Waals surface area contributed by atoms with Gasteiger partial charge in [0.2, 0.25) is 5.13 Å². The highest BCUT2D eigenvalue weighted by atomic mass is 32.1. The SMILES string of the molecule is CCCc1nccn1-c1nc(C(C)C)ns1. The molecule has 0 saturated carbocycles. The van der Waals surface area contributed by atoms with E-state index in [1.165, 1.54) is 11.5 Å². The van der Waals surface area contributed by atoms with Gasteiger partial charge in [-0.25, -0.2) is 9.97 Å². The van der Waals surface area contributed by atoms with E-state index in [9.17, 15) is 0 Å². The Balaban J connectivity index is 2.31. The second kappa shape index (κ2) is 4.74. The molecule has 0 saturated heterocycles. The molecule has 0 fully saturated rings. The zero-order valence-electron chi connectivity index (χ0n) is 9.84. The Kier molecular flexibility index (Phi) is 3.33. The molecule has 0 radical (unpaired) electrons. The van der Waals surface area contributed by atoms with Crippen LogP contribution in [0.5, 0.6) is 0 Å².